The van der Waals surface area contributed by atoms with Crippen LogP contribution in [0.3, 0.4) is 0 Å². The van der Waals surface area contributed by atoms with Gasteiger partial charge in [0.15, 0.2) is 0 Å². The van der Waals surface area contributed by atoms with Crippen LogP contribution in [0.15, 0.2) is 35.4 Å². The molecule has 0 saturated heterocycles. The minimum absolute atomic E-state index is 0.0540. The maximum Gasteiger partial charge on any atom is 0.310 e. The number of ether oxygens (including phenoxy) is 1. The maximum atomic E-state index is 10.8. The first-order valence-corrected chi connectivity index (χ1v) is 5.84. The lowest BCUT2D eigenvalue weighted by Gasteiger charge is -2.17. The van der Waals surface area contributed by atoms with Crippen molar-refractivity contribution in [1.29, 1.82) is 0 Å². The van der Waals surface area contributed by atoms with Gasteiger partial charge in [-0.15, -0.1) is 0 Å². The van der Waals surface area contributed by atoms with Gasteiger partial charge in [-0.05, 0) is 17.7 Å². The summed E-state index contributed by atoms with van der Waals surface area (Å²) in [5.41, 5.74) is 7.91. The summed E-state index contributed by atoms with van der Waals surface area (Å²) in [6.07, 6.45) is 0. The summed E-state index contributed by atoms with van der Waals surface area (Å²) in [4.78, 5) is 14.2. The Labute approximate surface area is 116 Å². The van der Waals surface area contributed by atoms with E-state index in [-0.39, 0.29) is 26.3 Å². The first kappa shape index (κ1) is 17.7. The molecule has 0 fully saturated rings. The van der Waals surface area contributed by atoms with Crippen LogP contribution in [0.4, 0.5) is 4.79 Å². The number of azide groups is 1. The Morgan fingerprint density at radius 3 is 2.20 bits per heavy atom. The molecule has 0 unspecified atom stereocenters. The molecule has 20 heavy (non-hydrogen) atoms. The Bertz CT molecular complexity index is 415. The van der Waals surface area contributed by atoms with Crippen LogP contribution in [0.5, 0.6) is 5.75 Å². The minimum atomic E-state index is -0.791. The average molecular weight is 282 g/mol. The standard InChI is InChI=1S/C7H8O.C5H10N4O3/c1-8-7-5-3-2-4-6-7;6-8-7-5(12)9(1-3-10)2-4-11/h2-6H,1H3;10-11H,1-4H2. The number of hydrogen-bond donors (Lipinski definition) is 2. The number of benzene rings is 1. The summed E-state index contributed by atoms with van der Waals surface area (Å²) in [5.74, 6) is 0.910. The van der Waals surface area contributed by atoms with Crippen molar-refractivity contribution in [2.24, 2.45) is 5.11 Å². The van der Waals surface area contributed by atoms with Gasteiger partial charge in [0.1, 0.15) is 5.75 Å². The summed E-state index contributed by atoms with van der Waals surface area (Å²) < 4.78 is 4.91. The van der Waals surface area contributed by atoms with Crippen molar-refractivity contribution in [3.8, 4) is 5.75 Å². The van der Waals surface area contributed by atoms with E-state index in [9.17, 15) is 4.79 Å². The predicted molar refractivity (Wildman–Crippen MR) is 73.3 cm³/mol. The van der Waals surface area contributed by atoms with Crippen LogP contribution >= 0.6 is 0 Å². The van der Waals surface area contributed by atoms with E-state index in [0.29, 0.717) is 0 Å². The van der Waals surface area contributed by atoms with Gasteiger partial charge in [-0.3, -0.25) is 4.79 Å². The summed E-state index contributed by atoms with van der Waals surface area (Å²) in [6, 6.07) is 8.89. The Morgan fingerprint density at radius 1 is 1.30 bits per heavy atom. The number of carbonyl (C=O) groups excluding carboxylic acids is 1. The summed E-state index contributed by atoms with van der Waals surface area (Å²) in [7, 11) is 1.66. The second-order valence-electron chi connectivity index (χ2n) is 3.42. The number of para-hydroxylation sites is 1. The second kappa shape index (κ2) is 11.8. The monoisotopic (exact) mass is 282 g/mol. The number of rotatable bonds is 5. The first-order valence-electron chi connectivity index (χ1n) is 5.84. The van der Waals surface area contributed by atoms with Crippen molar-refractivity contribution in [3.05, 3.63) is 40.8 Å². The lowest BCUT2D eigenvalue weighted by Crippen LogP contribution is -2.33. The van der Waals surface area contributed by atoms with E-state index in [4.69, 9.17) is 20.5 Å². The van der Waals surface area contributed by atoms with E-state index in [2.05, 4.69) is 10.0 Å². The number of methoxy groups -OCH3 is 1. The number of amides is 2. The van der Waals surface area contributed by atoms with Gasteiger partial charge < -0.3 is 19.8 Å². The van der Waals surface area contributed by atoms with Crippen LogP contribution in [0.2, 0.25) is 0 Å². The van der Waals surface area contributed by atoms with Crippen LogP contribution in [0, 0.1) is 0 Å². The molecule has 0 atom stereocenters. The zero-order valence-electron chi connectivity index (χ0n) is 11.2. The molecule has 0 aliphatic rings. The molecule has 0 aromatic heterocycles. The quantitative estimate of drug-likeness (QED) is 0.482. The third kappa shape index (κ3) is 7.93. The number of aliphatic hydroxyl groups is 2. The lowest BCUT2D eigenvalue weighted by molar-refractivity contribution is 0.165. The van der Waals surface area contributed by atoms with Crippen LogP contribution in [0.25, 0.3) is 10.4 Å². The second-order valence-corrected chi connectivity index (χ2v) is 3.42. The summed E-state index contributed by atoms with van der Waals surface area (Å²) >= 11 is 0. The van der Waals surface area contributed by atoms with Gasteiger partial charge in [-0.25, -0.2) is 0 Å². The zero-order chi connectivity index (χ0) is 15.2. The molecule has 0 aliphatic heterocycles. The van der Waals surface area contributed by atoms with Crippen molar-refractivity contribution in [3.63, 3.8) is 0 Å². The third-order valence-electron chi connectivity index (χ3n) is 2.12. The molecule has 8 nitrogen and oxygen atoms in total. The van der Waals surface area contributed by atoms with E-state index in [1.54, 1.807) is 7.11 Å². The molecule has 0 heterocycles. The highest BCUT2D eigenvalue weighted by molar-refractivity contribution is 5.74. The molecule has 2 N–H and O–H groups in total. The molecular formula is C12H18N4O4. The number of carbonyl (C=O) groups is 1. The van der Waals surface area contributed by atoms with E-state index < -0.39 is 6.03 Å². The fourth-order valence-corrected chi connectivity index (χ4v) is 1.20. The van der Waals surface area contributed by atoms with Crippen LogP contribution < -0.4 is 4.74 Å². The smallest absolute Gasteiger partial charge is 0.310 e. The van der Waals surface area contributed by atoms with Crippen LogP contribution in [-0.2, 0) is 0 Å². The van der Waals surface area contributed by atoms with Gasteiger partial charge in [0.2, 0.25) is 0 Å². The third-order valence-corrected chi connectivity index (χ3v) is 2.12. The normalized spacial score (nSPS) is 8.75. The molecule has 1 aromatic carbocycles. The van der Waals surface area contributed by atoms with Crippen molar-refractivity contribution in [2.75, 3.05) is 33.4 Å². The molecule has 1 aromatic rings. The first-order chi connectivity index (χ1) is 9.69. The zero-order valence-corrected chi connectivity index (χ0v) is 11.2. The van der Waals surface area contributed by atoms with E-state index in [1.807, 2.05) is 30.3 Å². The van der Waals surface area contributed by atoms with Gasteiger partial charge in [-0.2, -0.15) is 0 Å². The molecule has 0 spiro atoms. The van der Waals surface area contributed by atoms with Crippen LogP contribution in [-0.4, -0.2) is 54.6 Å². The van der Waals surface area contributed by atoms with E-state index in [0.717, 1.165) is 10.6 Å². The molecule has 2 amide bonds. The van der Waals surface area contributed by atoms with Crippen molar-refractivity contribution >= 4 is 6.03 Å². The van der Waals surface area contributed by atoms with Gasteiger partial charge in [0.25, 0.3) is 0 Å². The largest absolute Gasteiger partial charge is 0.497 e. The predicted octanol–water partition coefficient (Wildman–Crippen LogP) is 1.40. The summed E-state index contributed by atoms with van der Waals surface area (Å²) in [6.45, 7) is -0.351. The van der Waals surface area contributed by atoms with Gasteiger partial charge >= 0.3 is 6.03 Å². The van der Waals surface area contributed by atoms with Crippen molar-refractivity contribution < 1.29 is 19.7 Å². The average Bonchev–Trinajstić information content (AvgIpc) is 2.49. The maximum absolute atomic E-state index is 10.8. The number of aliphatic hydroxyl groups excluding tert-OH is 2. The fourth-order valence-electron chi connectivity index (χ4n) is 1.20. The molecular weight excluding hydrogens is 264 g/mol. The molecule has 110 valence electrons. The number of urea groups is 1. The Kier molecular flexibility index (Phi) is 10.4. The van der Waals surface area contributed by atoms with Gasteiger partial charge in [0.05, 0.1) is 20.3 Å². The topological polar surface area (TPSA) is 119 Å². The molecule has 0 aliphatic carbocycles. The molecule has 0 bridgehead atoms. The highest BCUT2D eigenvalue weighted by atomic mass is 16.5. The SMILES string of the molecule is COc1ccccc1.[N-]=[N+]=NC(=O)N(CCO)CCO. The van der Waals surface area contributed by atoms with E-state index in [1.165, 1.54) is 0 Å². The van der Waals surface area contributed by atoms with Crippen molar-refractivity contribution in [1.82, 2.24) is 4.90 Å². The van der Waals surface area contributed by atoms with Crippen molar-refractivity contribution in [2.45, 2.75) is 0 Å². The fraction of sp³-hybridized carbons (Fsp3) is 0.417. The number of nitrogens with zero attached hydrogens (tertiary/aromatic N) is 4. The molecule has 0 radical (unpaired) electrons. The summed E-state index contributed by atoms with van der Waals surface area (Å²) in [5, 5.41) is 19.7. The minimum Gasteiger partial charge on any atom is -0.497 e. The Morgan fingerprint density at radius 2 is 1.85 bits per heavy atom. The Hall–Kier alpha value is -2.28. The highest BCUT2D eigenvalue weighted by Crippen LogP contribution is 2.05. The Balaban J connectivity index is 0.000000388. The molecule has 1 rings (SSSR count). The van der Waals surface area contributed by atoms with Crippen LogP contribution in [0.1, 0.15) is 0 Å². The van der Waals surface area contributed by atoms with E-state index >= 15 is 0 Å². The van der Waals surface area contributed by atoms with Gasteiger partial charge in [0, 0.05) is 23.1 Å². The molecule has 0 saturated carbocycles. The van der Waals surface area contributed by atoms with Gasteiger partial charge in [-0.1, -0.05) is 18.2 Å². The highest BCUT2D eigenvalue weighted by Gasteiger charge is 2.08. The number of hydrogen-bond acceptors (Lipinski definition) is 4. The molecule has 8 heteroatoms. The lowest BCUT2D eigenvalue weighted by atomic mass is 10.3.